The third-order valence-corrected chi connectivity index (χ3v) is 8.44. The Kier molecular flexibility index (Phi) is 9.61. The van der Waals surface area contributed by atoms with E-state index in [1.807, 2.05) is 36.4 Å². The van der Waals surface area contributed by atoms with Crippen LogP contribution in [0.2, 0.25) is 0 Å². The van der Waals surface area contributed by atoms with Crippen molar-refractivity contribution in [3.8, 4) is 11.8 Å². The minimum atomic E-state index is -2.70. The van der Waals surface area contributed by atoms with Gasteiger partial charge in [0.25, 0.3) is 5.91 Å². The van der Waals surface area contributed by atoms with Gasteiger partial charge in [0.1, 0.15) is 11.9 Å². The minimum absolute atomic E-state index is 0.122. The number of carboxylic acids is 1. The number of halogens is 1. The van der Waals surface area contributed by atoms with Crippen molar-refractivity contribution in [1.82, 2.24) is 14.3 Å². The van der Waals surface area contributed by atoms with Gasteiger partial charge in [-0.15, -0.1) is 0 Å². The van der Waals surface area contributed by atoms with E-state index in [1.54, 1.807) is 42.0 Å². The van der Waals surface area contributed by atoms with Crippen LogP contribution in [0, 0.1) is 23.6 Å². The van der Waals surface area contributed by atoms with Crippen molar-refractivity contribution in [2.75, 3.05) is 43.1 Å². The molecule has 0 aliphatic carbocycles. The fraction of sp³-hybridized carbons (Fsp3) is 0.312. The number of fused-ring (bicyclic) bond motifs is 1. The monoisotopic (exact) mass is 618 g/mol. The lowest BCUT2D eigenvalue weighted by atomic mass is 10.0. The molecule has 0 saturated carbocycles. The Hall–Kier alpha value is -4.28. The fourth-order valence-electron chi connectivity index (χ4n) is 5.36. The Labute approximate surface area is 258 Å². The maximum Gasteiger partial charge on any atom is 0.323 e. The molecule has 3 aromatic carbocycles. The summed E-state index contributed by atoms with van der Waals surface area (Å²) in [6, 6.07) is 18.1. The number of hydrogen-bond acceptors (Lipinski definition) is 7. The molecule has 2 unspecified atom stereocenters. The van der Waals surface area contributed by atoms with Crippen molar-refractivity contribution in [3.63, 3.8) is 0 Å². The molecule has 2 N–H and O–H groups in total. The van der Waals surface area contributed by atoms with Crippen molar-refractivity contribution in [1.29, 1.82) is 0 Å². The molecule has 2 heterocycles. The first kappa shape index (κ1) is 31.2. The topological polar surface area (TPSA) is 119 Å². The predicted octanol–water partition coefficient (Wildman–Crippen LogP) is 3.49. The average Bonchev–Trinajstić information content (AvgIpc) is 3.01. The molecule has 0 radical (unpaired) electrons. The van der Waals surface area contributed by atoms with E-state index < -0.39 is 29.2 Å². The molecule has 5 rings (SSSR count). The van der Waals surface area contributed by atoms with Crippen LogP contribution in [0.3, 0.4) is 0 Å². The van der Waals surface area contributed by atoms with Crippen LogP contribution >= 0.6 is 0 Å². The van der Waals surface area contributed by atoms with Crippen LogP contribution in [0.1, 0.15) is 40.9 Å². The van der Waals surface area contributed by atoms with E-state index in [4.69, 9.17) is 0 Å². The van der Waals surface area contributed by atoms with E-state index in [1.165, 1.54) is 12.1 Å². The van der Waals surface area contributed by atoms with Gasteiger partial charge in [0.15, 0.2) is 0 Å². The number of benzene rings is 3. The van der Waals surface area contributed by atoms with Gasteiger partial charge in [-0.05, 0) is 66.1 Å². The summed E-state index contributed by atoms with van der Waals surface area (Å²) in [7, 11) is 0. The first-order chi connectivity index (χ1) is 21.1. The maximum atomic E-state index is 13.3. The first-order valence-corrected chi connectivity index (χ1v) is 15.3. The third kappa shape index (κ3) is 7.09. The number of piperazine rings is 1. The van der Waals surface area contributed by atoms with Crippen molar-refractivity contribution in [2.24, 2.45) is 5.92 Å². The number of amides is 1. The molecule has 1 fully saturated rings. The van der Waals surface area contributed by atoms with Gasteiger partial charge < -0.3 is 24.8 Å². The van der Waals surface area contributed by atoms with Crippen molar-refractivity contribution in [2.45, 2.75) is 26.4 Å². The lowest BCUT2D eigenvalue weighted by Gasteiger charge is -2.45. The number of hydrogen-bond donors (Lipinski definition) is 2. The first-order valence-electron chi connectivity index (χ1n) is 14.3. The number of carboxylic acid groups (broad SMARTS) is 1. The Balaban J connectivity index is 1.21. The highest BCUT2D eigenvalue weighted by atomic mass is 32.2. The van der Waals surface area contributed by atoms with E-state index >= 15 is 0 Å². The van der Waals surface area contributed by atoms with E-state index in [2.05, 4.69) is 22.1 Å². The number of nitrogens with zero attached hydrogens (tertiary/aromatic N) is 4. The maximum absolute atomic E-state index is 13.3. The number of anilines is 2. The highest BCUT2D eigenvalue weighted by molar-refractivity contribution is 7.76. The van der Waals surface area contributed by atoms with E-state index in [0.29, 0.717) is 50.5 Å². The molecule has 10 nitrogen and oxygen atoms in total. The Morgan fingerprint density at radius 1 is 1.02 bits per heavy atom. The van der Waals surface area contributed by atoms with Crippen molar-refractivity contribution >= 4 is 34.5 Å². The van der Waals surface area contributed by atoms with Crippen molar-refractivity contribution < 1.29 is 27.8 Å². The Bertz CT molecular complexity index is 1600. The third-order valence-electron chi connectivity index (χ3n) is 7.68. The number of carbonyl (C=O) groups is 2. The van der Waals surface area contributed by atoms with Gasteiger partial charge in [-0.3, -0.25) is 13.8 Å². The van der Waals surface area contributed by atoms with Crippen LogP contribution in [0.5, 0.6) is 0 Å². The molecule has 0 bridgehead atoms. The molecule has 1 saturated heterocycles. The summed E-state index contributed by atoms with van der Waals surface area (Å²) in [5, 5.41) is 14.4. The molecule has 2 aliphatic heterocycles. The van der Waals surface area contributed by atoms with Crippen LogP contribution in [-0.2, 0) is 22.6 Å². The van der Waals surface area contributed by atoms with E-state index in [0.717, 1.165) is 26.9 Å². The molecule has 12 heteroatoms. The molecule has 2 atom stereocenters. The van der Waals surface area contributed by atoms with Gasteiger partial charge in [-0.1, -0.05) is 37.8 Å². The molecule has 44 heavy (non-hydrogen) atoms. The smallest absolute Gasteiger partial charge is 0.323 e. The summed E-state index contributed by atoms with van der Waals surface area (Å²) >= 11 is -2.70. The van der Waals surface area contributed by atoms with Gasteiger partial charge in [-0.2, -0.15) is 4.41 Å². The largest absolute Gasteiger partial charge is 0.759 e. The van der Waals surface area contributed by atoms with Gasteiger partial charge in [0.05, 0.1) is 12.2 Å². The molecule has 0 spiro atoms. The number of rotatable bonds is 8. The standard InChI is InChI=1S/C32H34FN5O5S/c1-22(2)30(32(40)41)38(44(42)43)37-17-15-35(16-18-37)27-12-7-23(8-13-27)3-4-24-9-14-29-28(19-24)31(39)36(21-34-29)20-25-5-10-26(33)11-6-25/h5-14,19,22,30,34H,15-18,20-21H2,1-2H3,(H,40,41)(H,42,43)/p-1. The number of aliphatic carboxylic acids is 1. The molecular weight excluding hydrogens is 585 g/mol. The molecule has 3 aromatic rings. The zero-order valence-electron chi connectivity index (χ0n) is 24.4. The normalized spacial score (nSPS) is 16.6. The predicted molar refractivity (Wildman–Crippen MR) is 164 cm³/mol. The molecule has 0 aromatic heterocycles. The summed E-state index contributed by atoms with van der Waals surface area (Å²) < 4.78 is 38.1. The molecular formula is C32H33FN5O5S-. The van der Waals surface area contributed by atoms with Gasteiger partial charge >= 0.3 is 5.97 Å². The summed E-state index contributed by atoms with van der Waals surface area (Å²) in [5.41, 5.74) is 4.56. The number of nitrogens with one attached hydrogen (secondary N) is 1. The van der Waals surface area contributed by atoms with Crippen LogP contribution in [0.15, 0.2) is 66.7 Å². The van der Waals surface area contributed by atoms with Crippen molar-refractivity contribution in [3.05, 3.63) is 94.8 Å². The fourth-order valence-corrected chi connectivity index (χ4v) is 6.23. The molecule has 1 amide bonds. The SMILES string of the molecule is CC(C)C(C(=O)O)N(N1CCN(c2ccc(C#Cc3ccc4c(c3)C(=O)N(Cc3ccc(F)cc3)CN4)cc2)CC1)S(=O)[O-]. The van der Waals surface area contributed by atoms with Crippen LogP contribution < -0.4 is 10.2 Å². The lowest BCUT2D eigenvalue weighted by molar-refractivity contribution is -0.149. The van der Waals surface area contributed by atoms with Gasteiger partial charge in [0.2, 0.25) is 0 Å². The van der Waals surface area contributed by atoms with Crippen LogP contribution in [-0.4, -0.2) is 79.0 Å². The Morgan fingerprint density at radius 2 is 1.66 bits per heavy atom. The van der Waals surface area contributed by atoms with Gasteiger partial charge in [-0.25, -0.2) is 9.40 Å². The van der Waals surface area contributed by atoms with E-state index in [9.17, 15) is 27.8 Å². The van der Waals surface area contributed by atoms with Crippen LogP contribution in [0.4, 0.5) is 15.8 Å². The number of hydrazine groups is 1. The van der Waals surface area contributed by atoms with Gasteiger partial charge in [0, 0.05) is 66.5 Å². The summed E-state index contributed by atoms with van der Waals surface area (Å²) in [6.07, 6.45) is 0. The molecule has 230 valence electrons. The zero-order valence-corrected chi connectivity index (χ0v) is 25.2. The quantitative estimate of drug-likeness (QED) is 0.291. The summed E-state index contributed by atoms with van der Waals surface area (Å²) in [6.45, 7) is 5.86. The van der Waals surface area contributed by atoms with Crippen LogP contribution in [0.25, 0.3) is 0 Å². The zero-order chi connectivity index (χ0) is 31.4. The highest BCUT2D eigenvalue weighted by Gasteiger charge is 2.35. The second-order valence-corrected chi connectivity index (χ2v) is 11.8. The minimum Gasteiger partial charge on any atom is -0.759 e. The Morgan fingerprint density at radius 3 is 2.27 bits per heavy atom. The van der Waals surface area contributed by atoms with E-state index in [-0.39, 0.29) is 11.7 Å². The second kappa shape index (κ2) is 13.6. The summed E-state index contributed by atoms with van der Waals surface area (Å²) in [5.74, 6) is 4.28. The summed E-state index contributed by atoms with van der Waals surface area (Å²) in [4.78, 5) is 28.7. The highest BCUT2D eigenvalue weighted by Crippen LogP contribution is 2.25. The second-order valence-electron chi connectivity index (χ2n) is 11.0. The number of carbonyl (C=O) groups excluding carboxylic acids is 1. The molecule has 2 aliphatic rings. The average molecular weight is 619 g/mol. The lowest BCUT2D eigenvalue weighted by Crippen LogP contribution is -2.60.